The Morgan fingerprint density at radius 3 is 2.27 bits per heavy atom. The molecule has 0 saturated heterocycles. The zero-order valence-corrected chi connectivity index (χ0v) is 14.4. The highest BCUT2D eigenvalue weighted by Crippen LogP contribution is 2.21. The van der Waals surface area contributed by atoms with Gasteiger partial charge in [0.05, 0.1) is 6.26 Å². The summed E-state index contributed by atoms with van der Waals surface area (Å²) in [7, 11) is 1.88. The van der Waals surface area contributed by atoms with Crippen molar-refractivity contribution in [1.29, 1.82) is 0 Å². The fourth-order valence-corrected chi connectivity index (χ4v) is 2.66. The van der Waals surface area contributed by atoms with Gasteiger partial charge in [0, 0.05) is 13.6 Å². The first-order chi connectivity index (χ1) is 10.2. The Labute approximate surface area is 133 Å². The first-order valence-electron chi connectivity index (χ1n) is 7.14. The van der Waals surface area contributed by atoms with Crippen LogP contribution in [0.15, 0.2) is 30.3 Å². The molecule has 0 aliphatic rings. The van der Waals surface area contributed by atoms with Crippen LogP contribution in [0.1, 0.15) is 18.0 Å². The van der Waals surface area contributed by atoms with Crippen molar-refractivity contribution in [3.63, 3.8) is 0 Å². The Bertz CT molecular complexity index is 573. The predicted molar refractivity (Wildman–Crippen MR) is 88.0 cm³/mol. The van der Waals surface area contributed by atoms with E-state index in [-0.39, 0.29) is 5.91 Å². The maximum absolute atomic E-state index is 12.4. The SMILES string of the molecule is CN(C)CCCNC(=O)[C@@H](c1ccccc1)N(C)S(C)(=O)=O. The van der Waals surface area contributed by atoms with Gasteiger partial charge >= 0.3 is 0 Å². The van der Waals surface area contributed by atoms with Crippen LogP contribution in [-0.2, 0) is 14.8 Å². The van der Waals surface area contributed by atoms with Crippen LogP contribution >= 0.6 is 0 Å². The molecule has 0 aromatic heterocycles. The molecule has 1 N–H and O–H groups in total. The Hall–Kier alpha value is -1.44. The van der Waals surface area contributed by atoms with Gasteiger partial charge in [0.2, 0.25) is 15.9 Å². The van der Waals surface area contributed by atoms with E-state index in [2.05, 4.69) is 5.32 Å². The van der Waals surface area contributed by atoms with Crippen LogP contribution in [0.5, 0.6) is 0 Å². The summed E-state index contributed by atoms with van der Waals surface area (Å²) in [5.74, 6) is -0.308. The lowest BCUT2D eigenvalue weighted by Gasteiger charge is -2.25. The molecule has 1 rings (SSSR count). The summed E-state index contributed by atoms with van der Waals surface area (Å²) in [4.78, 5) is 14.5. The van der Waals surface area contributed by atoms with Gasteiger partial charge in [-0.15, -0.1) is 0 Å². The highest BCUT2D eigenvalue weighted by molar-refractivity contribution is 7.88. The van der Waals surface area contributed by atoms with Crippen LogP contribution in [0.3, 0.4) is 0 Å². The molecule has 22 heavy (non-hydrogen) atoms. The number of likely N-dealkylation sites (N-methyl/N-ethyl adjacent to an activating group) is 1. The zero-order chi connectivity index (χ0) is 16.8. The molecule has 1 atom stereocenters. The average molecular weight is 327 g/mol. The van der Waals surface area contributed by atoms with Gasteiger partial charge in [-0.25, -0.2) is 8.42 Å². The minimum atomic E-state index is -3.47. The topological polar surface area (TPSA) is 69.7 Å². The molecular formula is C15H25N3O3S. The van der Waals surface area contributed by atoms with Crippen molar-refractivity contribution in [3.8, 4) is 0 Å². The van der Waals surface area contributed by atoms with Gasteiger partial charge in [-0.2, -0.15) is 4.31 Å². The van der Waals surface area contributed by atoms with E-state index in [1.807, 2.05) is 25.1 Å². The number of carbonyl (C=O) groups excluding carboxylic acids is 1. The number of benzene rings is 1. The van der Waals surface area contributed by atoms with E-state index in [0.29, 0.717) is 12.1 Å². The van der Waals surface area contributed by atoms with Gasteiger partial charge in [0.15, 0.2) is 0 Å². The van der Waals surface area contributed by atoms with E-state index < -0.39 is 16.1 Å². The van der Waals surface area contributed by atoms with E-state index in [0.717, 1.165) is 23.5 Å². The van der Waals surface area contributed by atoms with Crippen molar-refractivity contribution in [1.82, 2.24) is 14.5 Å². The predicted octanol–water partition coefficient (Wildman–Crippen LogP) is 0.687. The lowest BCUT2D eigenvalue weighted by Crippen LogP contribution is -2.41. The molecule has 0 aliphatic heterocycles. The Balaban J connectivity index is 2.85. The van der Waals surface area contributed by atoms with Gasteiger partial charge in [0.1, 0.15) is 6.04 Å². The van der Waals surface area contributed by atoms with Crippen molar-refractivity contribution in [2.45, 2.75) is 12.5 Å². The minimum Gasteiger partial charge on any atom is -0.354 e. The highest BCUT2D eigenvalue weighted by Gasteiger charge is 2.30. The Morgan fingerprint density at radius 2 is 1.77 bits per heavy atom. The molecule has 0 saturated carbocycles. The van der Waals surface area contributed by atoms with Crippen molar-refractivity contribution < 1.29 is 13.2 Å². The van der Waals surface area contributed by atoms with Crippen LogP contribution < -0.4 is 5.32 Å². The van der Waals surface area contributed by atoms with Crippen molar-refractivity contribution in [2.24, 2.45) is 0 Å². The number of nitrogens with one attached hydrogen (secondary N) is 1. The number of rotatable bonds is 8. The molecule has 0 unspecified atom stereocenters. The molecule has 0 fully saturated rings. The van der Waals surface area contributed by atoms with Crippen LogP contribution in [-0.4, -0.2) is 64.0 Å². The first-order valence-corrected chi connectivity index (χ1v) is 8.98. The molecule has 6 nitrogen and oxygen atoms in total. The maximum Gasteiger partial charge on any atom is 0.242 e. The van der Waals surface area contributed by atoms with Crippen molar-refractivity contribution >= 4 is 15.9 Å². The number of sulfonamides is 1. The van der Waals surface area contributed by atoms with Gasteiger partial charge in [0.25, 0.3) is 0 Å². The fraction of sp³-hybridized carbons (Fsp3) is 0.533. The van der Waals surface area contributed by atoms with Gasteiger partial charge in [-0.1, -0.05) is 30.3 Å². The first kappa shape index (κ1) is 18.6. The van der Waals surface area contributed by atoms with E-state index in [4.69, 9.17) is 0 Å². The normalized spacial score (nSPS) is 13.4. The maximum atomic E-state index is 12.4. The summed E-state index contributed by atoms with van der Waals surface area (Å²) in [5.41, 5.74) is 0.653. The van der Waals surface area contributed by atoms with Gasteiger partial charge in [-0.3, -0.25) is 4.79 Å². The van der Waals surface area contributed by atoms with E-state index in [1.165, 1.54) is 7.05 Å². The Morgan fingerprint density at radius 1 is 1.18 bits per heavy atom. The van der Waals surface area contributed by atoms with Crippen molar-refractivity contribution in [2.75, 3.05) is 40.5 Å². The average Bonchev–Trinajstić information content (AvgIpc) is 2.44. The molecule has 1 aromatic rings. The molecular weight excluding hydrogens is 302 g/mol. The number of amides is 1. The van der Waals surface area contributed by atoms with Crippen molar-refractivity contribution in [3.05, 3.63) is 35.9 Å². The van der Waals surface area contributed by atoms with Gasteiger partial charge in [-0.05, 0) is 32.6 Å². The van der Waals surface area contributed by atoms with Crippen LogP contribution in [0.4, 0.5) is 0 Å². The standard InChI is InChI=1S/C15H25N3O3S/c1-17(2)12-8-11-16-15(19)14(18(3)22(4,20)21)13-9-6-5-7-10-13/h5-7,9-10,14H,8,11-12H2,1-4H3,(H,16,19)/t14-/m1/s1. The molecule has 1 amide bonds. The molecule has 0 radical (unpaired) electrons. The fourth-order valence-electron chi connectivity index (χ4n) is 2.06. The second-order valence-corrected chi connectivity index (χ2v) is 7.58. The number of nitrogens with zero attached hydrogens (tertiary/aromatic N) is 2. The van der Waals surface area contributed by atoms with Crippen LogP contribution in [0.25, 0.3) is 0 Å². The zero-order valence-electron chi connectivity index (χ0n) is 13.6. The lowest BCUT2D eigenvalue weighted by atomic mass is 10.1. The number of carbonyl (C=O) groups is 1. The Kier molecular flexibility index (Phi) is 6.99. The molecule has 1 aromatic carbocycles. The third kappa shape index (κ3) is 5.75. The summed E-state index contributed by atoms with van der Waals surface area (Å²) in [6.45, 7) is 1.37. The highest BCUT2D eigenvalue weighted by atomic mass is 32.2. The monoisotopic (exact) mass is 327 g/mol. The summed E-state index contributed by atoms with van der Waals surface area (Å²) in [5, 5.41) is 2.82. The molecule has 7 heteroatoms. The molecule has 0 bridgehead atoms. The molecule has 0 spiro atoms. The second kappa shape index (κ2) is 8.26. The van der Waals surface area contributed by atoms with E-state index in [9.17, 15) is 13.2 Å². The third-order valence-corrected chi connectivity index (χ3v) is 4.59. The summed E-state index contributed by atoms with van der Waals surface area (Å²) in [6.07, 6.45) is 1.91. The summed E-state index contributed by atoms with van der Waals surface area (Å²) >= 11 is 0. The van der Waals surface area contributed by atoms with Crippen LogP contribution in [0.2, 0.25) is 0 Å². The summed E-state index contributed by atoms with van der Waals surface area (Å²) < 4.78 is 24.7. The second-order valence-electron chi connectivity index (χ2n) is 5.54. The molecule has 0 heterocycles. The number of hydrogen-bond donors (Lipinski definition) is 1. The summed E-state index contributed by atoms with van der Waals surface area (Å²) in [6, 6.07) is 8.07. The smallest absolute Gasteiger partial charge is 0.242 e. The number of hydrogen-bond acceptors (Lipinski definition) is 4. The third-order valence-electron chi connectivity index (χ3n) is 3.33. The lowest BCUT2D eigenvalue weighted by molar-refractivity contribution is -0.124. The largest absolute Gasteiger partial charge is 0.354 e. The van der Waals surface area contributed by atoms with Gasteiger partial charge < -0.3 is 10.2 Å². The molecule has 0 aliphatic carbocycles. The van der Waals surface area contributed by atoms with E-state index in [1.54, 1.807) is 24.3 Å². The quantitative estimate of drug-likeness (QED) is 0.713. The van der Waals surface area contributed by atoms with Crippen LogP contribution in [0, 0.1) is 0 Å². The van der Waals surface area contributed by atoms with E-state index >= 15 is 0 Å². The minimum absolute atomic E-state index is 0.308. The molecule has 124 valence electrons.